The van der Waals surface area contributed by atoms with Crippen LogP contribution in [0.15, 0.2) is 0 Å². The van der Waals surface area contributed by atoms with Crippen molar-refractivity contribution in [3.8, 4) is 0 Å². The maximum Gasteiger partial charge on any atom is 0.221 e. The van der Waals surface area contributed by atoms with Gasteiger partial charge >= 0.3 is 0 Å². The number of rotatable bonds is 5. The molecule has 0 unspecified atom stereocenters. The zero-order chi connectivity index (χ0) is 11.1. The van der Waals surface area contributed by atoms with Gasteiger partial charge in [0.05, 0.1) is 0 Å². The Bertz CT molecular complexity index is 190. The number of amides is 1. The van der Waals surface area contributed by atoms with Gasteiger partial charge in [0.1, 0.15) is 0 Å². The van der Waals surface area contributed by atoms with Crippen molar-refractivity contribution < 1.29 is 4.79 Å². The summed E-state index contributed by atoms with van der Waals surface area (Å²) in [6.45, 7) is 5.77. The minimum absolute atomic E-state index is 0.165. The van der Waals surface area contributed by atoms with Crippen molar-refractivity contribution in [1.82, 2.24) is 15.5 Å². The molecule has 0 aromatic carbocycles. The molecule has 15 heavy (non-hydrogen) atoms. The third-order valence-electron chi connectivity index (χ3n) is 3.00. The molecule has 1 fully saturated rings. The van der Waals surface area contributed by atoms with Gasteiger partial charge in [-0.1, -0.05) is 0 Å². The van der Waals surface area contributed by atoms with Gasteiger partial charge < -0.3 is 15.5 Å². The van der Waals surface area contributed by atoms with Gasteiger partial charge in [0, 0.05) is 25.6 Å². The summed E-state index contributed by atoms with van der Waals surface area (Å²) in [4.78, 5) is 13.6. The first kappa shape index (κ1) is 12.5. The lowest BCUT2D eigenvalue weighted by Crippen LogP contribution is -2.42. The minimum Gasteiger partial charge on any atom is -0.356 e. The van der Waals surface area contributed by atoms with Crippen LogP contribution in [0.4, 0.5) is 0 Å². The van der Waals surface area contributed by atoms with Crippen molar-refractivity contribution in [2.45, 2.75) is 32.2 Å². The lowest BCUT2D eigenvalue weighted by molar-refractivity contribution is -0.121. The summed E-state index contributed by atoms with van der Waals surface area (Å²) in [6.07, 6.45) is 3.02. The second-order valence-corrected chi connectivity index (χ2v) is 4.17. The van der Waals surface area contributed by atoms with Gasteiger partial charge in [-0.25, -0.2) is 0 Å². The highest BCUT2D eigenvalue weighted by molar-refractivity contribution is 5.75. The van der Waals surface area contributed by atoms with Gasteiger partial charge in [0.25, 0.3) is 0 Å². The predicted molar refractivity (Wildman–Crippen MR) is 61.8 cm³/mol. The Hall–Kier alpha value is -0.610. The van der Waals surface area contributed by atoms with E-state index in [1.54, 1.807) is 0 Å². The number of nitrogens with zero attached hydrogens (tertiary/aromatic N) is 1. The second kappa shape index (κ2) is 6.80. The van der Waals surface area contributed by atoms with E-state index in [1.807, 2.05) is 6.92 Å². The molecule has 0 radical (unpaired) electrons. The summed E-state index contributed by atoms with van der Waals surface area (Å²) in [7, 11) is 2.12. The Balaban J connectivity index is 2.16. The smallest absolute Gasteiger partial charge is 0.221 e. The Labute approximate surface area is 92.4 Å². The molecule has 0 saturated carbocycles. The first-order chi connectivity index (χ1) is 7.24. The van der Waals surface area contributed by atoms with Gasteiger partial charge in [-0.2, -0.15) is 0 Å². The highest BCUT2D eigenvalue weighted by atomic mass is 16.1. The molecule has 4 nitrogen and oxygen atoms in total. The van der Waals surface area contributed by atoms with E-state index in [4.69, 9.17) is 0 Å². The zero-order valence-electron chi connectivity index (χ0n) is 9.88. The van der Waals surface area contributed by atoms with Crippen molar-refractivity contribution in [2.24, 2.45) is 0 Å². The van der Waals surface area contributed by atoms with E-state index < -0.39 is 0 Å². The lowest BCUT2D eigenvalue weighted by atomic mass is 10.1. The fourth-order valence-corrected chi connectivity index (χ4v) is 1.99. The molecule has 1 amide bonds. The van der Waals surface area contributed by atoms with E-state index in [-0.39, 0.29) is 5.91 Å². The molecule has 0 aromatic rings. The van der Waals surface area contributed by atoms with E-state index in [0.717, 1.165) is 26.2 Å². The zero-order valence-corrected chi connectivity index (χ0v) is 9.88. The van der Waals surface area contributed by atoms with Crippen LogP contribution in [0.3, 0.4) is 0 Å². The monoisotopic (exact) mass is 213 g/mol. The number of carbonyl (C=O) groups excluding carboxylic acids is 1. The molecule has 1 saturated heterocycles. The van der Waals surface area contributed by atoms with Gasteiger partial charge in [-0.3, -0.25) is 4.79 Å². The van der Waals surface area contributed by atoms with Crippen LogP contribution in [-0.4, -0.2) is 50.1 Å². The number of carbonyl (C=O) groups is 1. The maximum absolute atomic E-state index is 11.3. The first-order valence-corrected chi connectivity index (χ1v) is 5.91. The minimum atomic E-state index is 0.165. The summed E-state index contributed by atoms with van der Waals surface area (Å²) in [5.41, 5.74) is 0. The van der Waals surface area contributed by atoms with Crippen LogP contribution in [-0.2, 0) is 4.79 Å². The molecule has 1 heterocycles. The largest absolute Gasteiger partial charge is 0.356 e. The highest BCUT2D eigenvalue weighted by Crippen LogP contribution is 2.09. The van der Waals surface area contributed by atoms with E-state index >= 15 is 0 Å². The summed E-state index contributed by atoms with van der Waals surface area (Å²) in [5, 5.41) is 6.17. The van der Waals surface area contributed by atoms with Crippen molar-refractivity contribution in [1.29, 1.82) is 0 Å². The normalized spacial score (nSPS) is 18.1. The molecule has 2 N–H and O–H groups in total. The van der Waals surface area contributed by atoms with Crippen LogP contribution in [0, 0.1) is 0 Å². The van der Waals surface area contributed by atoms with Gasteiger partial charge in [-0.05, 0) is 39.9 Å². The van der Waals surface area contributed by atoms with Gasteiger partial charge in [0.15, 0.2) is 0 Å². The topological polar surface area (TPSA) is 44.4 Å². The second-order valence-electron chi connectivity index (χ2n) is 4.17. The highest BCUT2D eigenvalue weighted by Gasteiger charge is 2.17. The lowest BCUT2D eigenvalue weighted by Gasteiger charge is -2.31. The molecule has 4 heteroatoms. The van der Waals surface area contributed by atoms with E-state index in [1.165, 1.54) is 12.8 Å². The molecule has 0 bridgehead atoms. The number of nitrogens with one attached hydrogen (secondary N) is 2. The first-order valence-electron chi connectivity index (χ1n) is 5.91. The maximum atomic E-state index is 11.3. The summed E-state index contributed by atoms with van der Waals surface area (Å²) < 4.78 is 0. The molecule has 0 aliphatic carbocycles. The van der Waals surface area contributed by atoms with E-state index in [9.17, 15) is 4.79 Å². The Kier molecular flexibility index (Phi) is 5.65. The average molecular weight is 213 g/mol. The molecular formula is C11H23N3O. The third kappa shape index (κ3) is 4.62. The third-order valence-corrected chi connectivity index (χ3v) is 3.00. The van der Waals surface area contributed by atoms with Crippen LogP contribution in [0.2, 0.25) is 0 Å². The van der Waals surface area contributed by atoms with Crippen molar-refractivity contribution in [3.63, 3.8) is 0 Å². The standard InChI is InChI=1S/C11H23N3O/c1-3-13-11(15)6-9-14(2)10-4-7-12-8-5-10/h10,12H,3-9H2,1-2H3,(H,13,15). The summed E-state index contributed by atoms with van der Waals surface area (Å²) in [6, 6.07) is 0.653. The molecule has 1 aliphatic rings. The quantitative estimate of drug-likeness (QED) is 0.685. The molecule has 88 valence electrons. The van der Waals surface area contributed by atoms with E-state index in [0.29, 0.717) is 12.5 Å². The van der Waals surface area contributed by atoms with E-state index in [2.05, 4.69) is 22.6 Å². The van der Waals surface area contributed by atoms with Gasteiger partial charge in [-0.15, -0.1) is 0 Å². The Morgan fingerprint density at radius 3 is 2.73 bits per heavy atom. The molecule has 1 aliphatic heterocycles. The van der Waals surface area contributed by atoms with Crippen LogP contribution >= 0.6 is 0 Å². The average Bonchev–Trinajstić information content (AvgIpc) is 2.27. The fourth-order valence-electron chi connectivity index (χ4n) is 1.99. The van der Waals surface area contributed by atoms with Crippen LogP contribution < -0.4 is 10.6 Å². The van der Waals surface area contributed by atoms with Gasteiger partial charge in [0.2, 0.25) is 5.91 Å². The molecule has 1 rings (SSSR count). The molecule has 0 aromatic heterocycles. The molecular weight excluding hydrogens is 190 g/mol. The van der Waals surface area contributed by atoms with Crippen molar-refractivity contribution >= 4 is 5.91 Å². The van der Waals surface area contributed by atoms with Crippen molar-refractivity contribution in [3.05, 3.63) is 0 Å². The summed E-state index contributed by atoms with van der Waals surface area (Å²) >= 11 is 0. The van der Waals surface area contributed by atoms with Crippen LogP contribution in [0.5, 0.6) is 0 Å². The SMILES string of the molecule is CCNC(=O)CCN(C)C1CCNCC1. The number of hydrogen-bond acceptors (Lipinski definition) is 3. The van der Waals surface area contributed by atoms with Crippen LogP contribution in [0.25, 0.3) is 0 Å². The number of hydrogen-bond donors (Lipinski definition) is 2. The predicted octanol–water partition coefficient (Wildman–Crippen LogP) is 0.196. The summed E-state index contributed by atoms with van der Waals surface area (Å²) in [5.74, 6) is 0.165. The molecule has 0 spiro atoms. The fraction of sp³-hybridized carbons (Fsp3) is 0.909. The Morgan fingerprint density at radius 1 is 1.47 bits per heavy atom. The Morgan fingerprint density at radius 2 is 2.13 bits per heavy atom. The van der Waals surface area contributed by atoms with Crippen molar-refractivity contribution in [2.75, 3.05) is 33.2 Å². The molecule has 0 atom stereocenters. The number of piperidine rings is 1. The van der Waals surface area contributed by atoms with Crippen LogP contribution in [0.1, 0.15) is 26.2 Å².